The van der Waals surface area contributed by atoms with E-state index in [0.717, 1.165) is 12.2 Å². The fourth-order valence-electron chi connectivity index (χ4n) is 1.33. The van der Waals surface area contributed by atoms with Gasteiger partial charge in [0.05, 0.1) is 5.69 Å². The molecule has 0 aliphatic rings. The second kappa shape index (κ2) is 5.00. The molecule has 1 N–H and O–H groups in total. The van der Waals surface area contributed by atoms with Gasteiger partial charge in [0.15, 0.2) is 0 Å². The van der Waals surface area contributed by atoms with Crippen LogP contribution in [-0.4, -0.2) is 9.59 Å². The van der Waals surface area contributed by atoms with Crippen molar-refractivity contribution in [1.29, 1.82) is 0 Å². The highest BCUT2D eigenvalue weighted by Gasteiger charge is 2.06. The maximum atomic E-state index is 4.03. The molecule has 1 aromatic heterocycles. The van der Waals surface area contributed by atoms with Crippen molar-refractivity contribution in [1.82, 2.24) is 14.9 Å². The summed E-state index contributed by atoms with van der Waals surface area (Å²) < 4.78 is 3.85. The van der Waals surface area contributed by atoms with Crippen molar-refractivity contribution < 1.29 is 0 Å². The predicted octanol–water partition coefficient (Wildman–Crippen LogP) is 2.39. The second-order valence-corrected chi connectivity index (χ2v) is 4.03. The van der Waals surface area contributed by atoms with Gasteiger partial charge in [-0.1, -0.05) is 34.8 Å². The van der Waals surface area contributed by atoms with Crippen LogP contribution in [0.1, 0.15) is 24.2 Å². The summed E-state index contributed by atoms with van der Waals surface area (Å²) in [6.07, 6.45) is 0. The average molecular weight is 219 g/mol. The van der Waals surface area contributed by atoms with Crippen molar-refractivity contribution in [3.05, 3.63) is 47.0 Å². The van der Waals surface area contributed by atoms with Crippen molar-refractivity contribution in [2.24, 2.45) is 0 Å². The lowest BCUT2D eigenvalue weighted by atomic mass is 10.2. The molecule has 1 aromatic carbocycles. The Hall–Kier alpha value is -1.26. The SMILES string of the molecule is CC(NCc1ccccc1)c1csnn1. The van der Waals surface area contributed by atoms with Crippen LogP contribution in [-0.2, 0) is 6.54 Å². The van der Waals surface area contributed by atoms with Gasteiger partial charge in [-0.05, 0) is 24.0 Å². The Morgan fingerprint density at radius 2 is 2.13 bits per heavy atom. The number of rotatable bonds is 4. The van der Waals surface area contributed by atoms with Crippen LogP contribution < -0.4 is 5.32 Å². The summed E-state index contributed by atoms with van der Waals surface area (Å²) >= 11 is 1.39. The maximum absolute atomic E-state index is 4.03. The molecule has 0 amide bonds. The van der Waals surface area contributed by atoms with Crippen LogP contribution in [0.5, 0.6) is 0 Å². The zero-order valence-electron chi connectivity index (χ0n) is 8.55. The lowest BCUT2D eigenvalue weighted by molar-refractivity contribution is 0.560. The quantitative estimate of drug-likeness (QED) is 0.858. The number of hydrogen-bond donors (Lipinski definition) is 1. The molecule has 0 saturated heterocycles. The van der Waals surface area contributed by atoms with Crippen molar-refractivity contribution >= 4 is 11.5 Å². The fraction of sp³-hybridized carbons (Fsp3) is 0.273. The predicted molar refractivity (Wildman–Crippen MR) is 61.6 cm³/mol. The van der Waals surface area contributed by atoms with Crippen LogP contribution in [0.3, 0.4) is 0 Å². The standard InChI is InChI=1S/C11H13N3S/c1-9(11-8-15-14-13-11)12-7-10-5-3-2-4-6-10/h2-6,8-9,12H,7H2,1H3. The average Bonchev–Trinajstić information content (AvgIpc) is 2.81. The van der Waals surface area contributed by atoms with Gasteiger partial charge in [0.2, 0.25) is 0 Å². The lowest BCUT2D eigenvalue weighted by Crippen LogP contribution is -2.18. The molecule has 2 rings (SSSR count). The summed E-state index contributed by atoms with van der Waals surface area (Å²) in [6.45, 7) is 2.96. The molecule has 1 unspecified atom stereocenters. The Kier molecular flexibility index (Phi) is 3.42. The summed E-state index contributed by atoms with van der Waals surface area (Å²) in [4.78, 5) is 0. The molecule has 0 bridgehead atoms. The molecule has 0 spiro atoms. The minimum atomic E-state index is 0.254. The molecule has 1 atom stereocenters. The normalized spacial score (nSPS) is 12.6. The van der Waals surface area contributed by atoms with Gasteiger partial charge in [0.25, 0.3) is 0 Å². The van der Waals surface area contributed by atoms with Gasteiger partial charge < -0.3 is 5.32 Å². The first-order valence-corrected chi connectivity index (χ1v) is 5.74. The van der Waals surface area contributed by atoms with E-state index in [9.17, 15) is 0 Å². The maximum Gasteiger partial charge on any atom is 0.0921 e. The third-order valence-electron chi connectivity index (χ3n) is 2.28. The van der Waals surface area contributed by atoms with E-state index in [1.165, 1.54) is 17.1 Å². The summed E-state index contributed by atoms with van der Waals surface area (Å²) in [5.74, 6) is 0. The Bertz CT molecular complexity index is 385. The molecule has 0 aliphatic carbocycles. The lowest BCUT2D eigenvalue weighted by Gasteiger charge is -2.10. The van der Waals surface area contributed by atoms with Gasteiger partial charge in [-0.2, -0.15) is 0 Å². The molecular weight excluding hydrogens is 206 g/mol. The zero-order valence-corrected chi connectivity index (χ0v) is 9.37. The van der Waals surface area contributed by atoms with Gasteiger partial charge in [0, 0.05) is 18.0 Å². The van der Waals surface area contributed by atoms with E-state index in [1.54, 1.807) is 0 Å². The first kappa shape index (κ1) is 10.3. The third-order valence-corrected chi connectivity index (χ3v) is 2.80. The summed E-state index contributed by atoms with van der Waals surface area (Å²) in [5.41, 5.74) is 2.29. The van der Waals surface area contributed by atoms with Crippen LogP contribution in [0.4, 0.5) is 0 Å². The Labute approximate surface area is 93.3 Å². The van der Waals surface area contributed by atoms with Gasteiger partial charge in [-0.15, -0.1) is 5.10 Å². The summed E-state index contributed by atoms with van der Waals surface area (Å²) in [7, 11) is 0. The zero-order chi connectivity index (χ0) is 10.5. The van der Waals surface area contributed by atoms with Crippen LogP contribution >= 0.6 is 11.5 Å². The van der Waals surface area contributed by atoms with Crippen molar-refractivity contribution in [2.75, 3.05) is 0 Å². The number of nitrogens with one attached hydrogen (secondary N) is 1. The third kappa shape index (κ3) is 2.84. The minimum Gasteiger partial charge on any atom is -0.305 e. The highest BCUT2D eigenvalue weighted by Crippen LogP contribution is 2.10. The Morgan fingerprint density at radius 1 is 1.33 bits per heavy atom. The molecule has 2 aromatic rings. The second-order valence-electron chi connectivity index (χ2n) is 3.42. The van der Waals surface area contributed by atoms with E-state index in [2.05, 4.69) is 34.0 Å². The van der Waals surface area contributed by atoms with Gasteiger partial charge in [0.1, 0.15) is 0 Å². The van der Waals surface area contributed by atoms with Crippen LogP contribution in [0.25, 0.3) is 0 Å². The van der Waals surface area contributed by atoms with Crippen LogP contribution in [0.15, 0.2) is 35.7 Å². The van der Waals surface area contributed by atoms with E-state index >= 15 is 0 Å². The van der Waals surface area contributed by atoms with Crippen molar-refractivity contribution in [3.63, 3.8) is 0 Å². The molecule has 78 valence electrons. The molecule has 0 aliphatic heterocycles. The van der Waals surface area contributed by atoms with Crippen LogP contribution in [0.2, 0.25) is 0 Å². The number of hydrogen-bond acceptors (Lipinski definition) is 4. The number of benzene rings is 1. The smallest absolute Gasteiger partial charge is 0.0921 e. The summed E-state index contributed by atoms with van der Waals surface area (Å²) in [5, 5.41) is 9.41. The topological polar surface area (TPSA) is 37.8 Å². The molecule has 0 fully saturated rings. The molecule has 15 heavy (non-hydrogen) atoms. The monoisotopic (exact) mass is 219 g/mol. The van der Waals surface area contributed by atoms with E-state index in [0.29, 0.717) is 0 Å². The first-order valence-electron chi connectivity index (χ1n) is 4.90. The van der Waals surface area contributed by atoms with Crippen molar-refractivity contribution in [2.45, 2.75) is 19.5 Å². The molecule has 0 saturated carbocycles. The first-order chi connectivity index (χ1) is 7.36. The van der Waals surface area contributed by atoms with Gasteiger partial charge in [-0.25, -0.2) is 0 Å². The van der Waals surface area contributed by atoms with Crippen LogP contribution in [0, 0.1) is 0 Å². The van der Waals surface area contributed by atoms with Gasteiger partial charge in [-0.3, -0.25) is 0 Å². The Morgan fingerprint density at radius 3 is 2.80 bits per heavy atom. The highest BCUT2D eigenvalue weighted by atomic mass is 32.1. The molecular formula is C11H13N3S. The number of nitrogens with zero attached hydrogens (tertiary/aromatic N) is 2. The van der Waals surface area contributed by atoms with Crippen molar-refractivity contribution in [3.8, 4) is 0 Å². The molecule has 0 radical (unpaired) electrons. The van der Waals surface area contributed by atoms with E-state index in [-0.39, 0.29) is 6.04 Å². The molecule has 1 heterocycles. The minimum absolute atomic E-state index is 0.254. The fourth-order valence-corrected chi connectivity index (χ4v) is 1.88. The largest absolute Gasteiger partial charge is 0.305 e. The van der Waals surface area contributed by atoms with E-state index < -0.39 is 0 Å². The number of aromatic nitrogens is 2. The molecule has 3 nitrogen and oxygen atoms in total. The highest BCUT2D eigenvalue weighted by molar-refractivity contribution is 7.03. The van der Waals surface area contributed by atoms with E-state index in [4.69, 9.17) is 0 Å². The summed E-state index contributed by atoms with van der Waals surface area (Å²) in [6, 6.07) is 10.6. The Balaban J connectivity index is 1.89. The van der Waals surface area contributed by atoms with Gasteiger partial charge >= 0.3 is 0 Å². The van der Waals surface area contributed by atoms with E-state index in [1.807, 2.05) is 23.6 Å². The molecule has 4 heteroatoms.